The third-order valence-corrected chi connectivity index (χ3v) is 11.5. The lowest BCUT2D eigenvalue weighted by atomic mass is 10.0. The molecule has 8 nitrogen and oxygen atoms in total. The molecule has 2 atom stereocenters. The Labute approximate surface area is 348 Å². The molecule has 334 valence electrons. The van der Waals surface area contributed by atoms with Gasteiger partial charge in [-0.3, -0.25) is 9.36 Å². The van der Waals surface area contributed by atoms with Crippen molar-refractivity contribution in [2.24, 2.45) is 0 Å². The Morgan fingerprint density at radius 1 is 0.536 bits per heavy atom. The minimum atomic E-state index is -4.52. The van der Waals surface area contributed by atoms with Crippen molar-refractivity contribution in [3.8, 4) is 0 Å². The minimum absolute atomic E-state index is 0.0279. The van der Waals surface area contributed by atoms with Crippen LogP contribution in [0.5, 0.6) is 0 Å². The van der Waals surface area contributed by atoms with Gasteiger partial charge in [-0.25, -0.2) is 0 Å². The van der Waals surface area contributed by atoms with Crippen LogP contribution in [0.4, 0.5) is 0 Å². The topological polar surface area (TPSA) is 94.1 Å². The Morgan fingerprint density at radius 2 is 0.929 bits per heavy atom. The highest BCUT2D eigenvalue weighted by Crippen LogP contribution is 2.38. The molecule has 9 heteroatoms. The number of quaternary nitrogens is 1. The first-order valence-corrected chi connectivity index (χ1v) is 25.4. The third-order valence-electron chi connectivity index (χ3n) is 10.6. The van der Waals surface area contributed by atoms with Gasteiger partial charge in [0.15, 0.2) is 0 Å². The zero-order valence-corrected chi connectivity index (χ0v) is 38.7. The van der Waals surface area contributed by atoms with Gasteiger partial charge >= 0.3 is 5.97 Å². The quantitative estimate of drug-likeness (QED) is 0.0199. The van der Waals surface area contributed by atoms with Crippen LogP contribution in [-0.4, -0.2) is 70.7 Å². The zero-order valence-electron chi connectivity index (χ0n) is 37.9. The number of carbonyl (C=O) groups is 1. The Balaban J connectivity index is 4.16. The molecule has 0 spiro atoms. The number of rotatable bonds is 45. The molecule has 0 aromatic rings. The summed E-state index contributed by atoms with van der Waals surface area (Å²) in [6.45, 7) is 5.45. The van der Waals surface area contributed by atoms with Crippen molar-refractivity contribution in [2.45, 2.75) is 232 Å². The molecule has 0 aliphatic heterocycles. The number of allylic oxidation sites excluding steroid dienone is 2. The second-order valence-electron chi connectivity index (χ2n) is 17.5. The fraction of sp³-hybridized carbons (Fsp3) is 0.936. The van der Waals surface area contributed by atoms with E-state index in [2.05, 4.69) is 26.0 Å². The lowest BCUT2D eigenvalue weighted by molar-refractivity contribution is -0.870. The molecule has 0 aliphatic carbocycles. The van der Waals surface area contributed by atoms with Crippen LogP contribution in [0.3, 0.4) is 0 Å². The molecule has 0 aliphatic rings. The molecule has 0 bridgehead atoms. The number of nitrogens with zero attached hydrogens (tertiary/aromatic N) is 1. The van der Waals surface area contributed by atoms with Crippen molar-refractivity contribution in [3.05, 3.63) is 12.2 Å². The molecule has 0 saturated carbocycles. The molecule has 0 aromatic heterocycles. The number of likely N-dealkylation sites (N-methyl/N-ethyl adjacent to an activating group) is 1. The Kier molecular flexibility index (Phi) is 40.4. The molecule has 0 fully saturated rings. The van der Waals surface area contributed by atoms with Crippen LogP contribution < -0.4 is 4.89 Å². The average molecular weight is 816 g/mol. The van der Waals surface area contributed by atoms with Gasteiger partial charge in [0, 0.05) is 13.0 Å². The summed E-state index contributed by atoms with van der Waals surface area (Å²) in [5.74, 6) is -0.338. The van der Waals surface area contributed by atoms with Crippen LogP contribution in [0.15, 0.2) is 12.2 Å². The number of phosphoric ester groups is 1. The van der Waals surface area contributed by atoms with Gasteiger partial charge < -0.3 is 27.9 Å². The van der Waals surface area contributed by atoms with Gasteiger partial charge in [-0.05, 0) is 38.5 Å². The van der Waals surface area contributed by atoms with Crippen molar-refractivity contribution < 1.29 is 37.3 Å². The summed E-state index contributed by atoms with van der Waals surface area (Å²) in [6.07, 6.45) is 45.1. The minimum Gasteiger partial charge on any atom is -0.756 e. The average Bonchev–Trinajstić information content (AvgIpc) is 3.15. The molecule has 0 saturated heterocycles. The van der Waals surface area contributed by atoms with E-state index >= 15 is 0 Å². The summed E-state index contributed by atoms with van der Waals surface area (Å²) in [5.41, 5.74) is 0. The molecular formula is C47H94NO7P. The molecule has 0 aromatic carbocycles. The molecule has 0 N–H and O–H groups in total. The van der Waals surface area contributed by atoms with E-state index in [4.69, 9.17) is 18.5 Å². The van der Waals surface area contributed by atoms with E-state index in [0.717, 1.165) is 44.9 Å². The number of ether oxygens (including phenoxy) is 2. The highest BCUT2D eigenvalue weighted by Gasteiger charge is 2.20. The van der Waals surface area contributed by atoms with Crippen LogP contribution in [-0.2, 0) is 27.9 Å². The largest absolute Gasteiger partial charge is 0.756 e. The summed E-state index contributed by atoms with van der Waals surface area (Å²) in [4.78, 5) is 25.1. The highest BCUT2D eigenvalue weighted by atomic mass is 31.2. The van der Waals surface area contributed by atoms with Crippen molar-refractivity contribution >= 4 is 13.8 Å². The summed E-state index contributed by atoms with van der Waals surface area (Å²) in [7, 11) is 1.36. The van der Waals surface area contributed by atoms with E-state index in [1.54, 1.807) is 0 Å². The maximum absolute atomic E-state index is 12.7. The lowest BCUT2D eigenvalue weighted by Crippen LogP contribution is -2.37. The fourth-order valence-corrected chi connectivity index (χ4v) is 7.57. The van der Waals surface area contributed by atoms with Gasteiger partial charge in [-0.15, -0.1) is 0 Å². The number of phosphoric acid groups is 1. The maximum Gasteiger partial charge on any atom is 0.306 e. The van der Waals surface area contributed by atoms with E-state index in [0.29, 0.717) is 24.1 Å². The molecule has 0 radical (unpaired) electrons. The van der Waals surface area contributed by atoms with E-state index < -0.39 is 13.9 Å². The van der Waals surface area contributed by atoms with Gasteiger partial charge in [0.05, 0.1) is 34.4 Å². The summed E-state index contributed by atoms with van der Waals surface area (Å²) < 4.78 is 34.7. The monoisotopic (exact) mass is 816 g/mol. The summed E-state index contributed by atoms with van der Waals surface area (Å²) in [5, 5.41) is 0. The number of unbranched alkanes of at least 4 members (excludes halogenated alkanes) is 29. The van der Waals surface area contributed by atoms with Crippen LogP contribution in [0.2, 0.25) is 0 Å². The smallest absolute Gasteiger partial charge is 0.306 e. The Morgan fingerprint density at radius 3 is 1.36 bits per heavy atom. The predicted molar refractivity (Wildman–Crippen MR) is 236 cm³/mol. The zero-order chi connectivity index (χ0) is 41.3. The van der Waals surface area contributed by atoms with Crippen molar-refractivity contribution in [1.82, 2.24) is 0 Å². The van der Waals surface area contributed by atoms with Crippen LogP contribution in [0, 0.1) is 0 Å². The highest BCUT2D eigenvalue weighted by molar-refractivity contribution is 7.45. The van der Waals surface area contributed by atoms with Crippen molar-refractivity contribution in [2.75, 3.05) is 54.1 Å². The standard InChI is InChI=1S/C47H94NO7P/c1-6-8-10-12-14-16-18-20-22-24-25-27-29-31-33-35-37-39-42-52-44-46(45-54-56(50,51)53-43-41-48(3,4)5)55-47(49)40-38-36-34-32-30-28-26-23-21-19-17-15-13-11-9-7-2/h23,26,46H,6-22,24-25,27-45H2,1-5H3/b26-23-/t46-/m1/s1. The summed E-state index contributed by atoms with van der Waals surface area (Å²) >= 11 is 0. The first-order chi connectivity index (χ1) is 27.1. The Hall–Kier alpha value is -0.760. The van der Waals surface area contributed by atoms with Crippen LogP contribution >= 0.6 is 7.82 Å². The molecule has 0 heterocycles. The van der Waals surface area contributed by atoms with Crippen molar-refractivity contribution in [3.63, 3.8) is 0 Å². The second kappa shape index (κ2) is 41.0. The lowest BCUT2D eigenvalue weighted by Gasteiger charge is -2.28. The van der Waals surface area contributed by atoms with Gasteiger partial charge in [0.2, 0.25) is 0 Å². The predicted octanol–water partition coefficient (Wildman–Crippen LogP) is 13.6. The Bertz CT molecular complexity index is 909. The van der Waals surface area contributed by atoms with Gasteiger partial charge in [0.25, 0.3) is 7.82 Å². The van der Waals surface area contributed by atoms with E-state index in [9.17, 15) is 14.3 Å². The number of hydrogen-bond acceptors (Lipinski definition) is 7. The summed E-state index contributed by atoms with van der Waals surface area (Å²) in [6, 6.07) is 0. The number of hydrogen-bond donors (Lipinski definition) is 0. The molecule has 0 amide bonds. The van der Waals surface area contributed by atoms with E-state index in [1.165, 1.54) is 161 Å². The van der Waals surface area contributed by atoms with Crippen LogP contribution in [0.25, 0.3) is 0 Å². The third kappa shape index (κ3) is 44.3. The molecular weight excluding hydrogens is 721 g/mol. The number of esters is 1. The van der Waals surface area contributed by atoms with E-state index in [1.807, 2.05) is 21.1 Å². The van der Waals surface area contributed by atoms with Crippen LogP contribution in [0.1, 0.15) is 226 Å². The van der Waals surface area contributed by atoms with Gasteiger partial charge in [0.1, 0.15) is 19.3 Å². The maximum atomic E-state index is 12.7. The molecule has 56 heavy (non-hydrogen) atoms. The van der Waals surface area contributed by atoms with E-state index in [-0.39, 0.29) is 25.8 Å². The first kappa shape index (κ1) is 55.2. The molecule has 0 rings (SSSR count). The SMILES string of the molecule is CCCCCCCCC/C=C\CCCCCCCC(=O)O[C@H](COCCCCCCCCCCCCCCCCCCCC)COP(=O)([O-])OCC[N+](C)(C)C. The first-order valence-electron chi connectivity index (χ1n) is 23.9. The van der Waals surface area contributed by atoms with Gasteiger partial charge in [-0.1, -0.05) is 193 Å². The second-order valence-corrected chi connectivity index (χ2v) is 18.9. The number of carbonyl (C=O) groups excluding carboxylic acids is 1. The normalized spacial score (nSPS) is 13.8. The fourth-order valence-electron chi connectivity index (χ4n) is 6.84. The van der Waals surface area contributed by atoms with Gasteiger partial charge in [-0.2, -0.15) is 0 Å². The molecule has 1 unspecified atom stereocenters. The van der Waals surface area contributed by atoms with Crippen molar-refractivity contribution in [1.29, 1.82) is 0 Å².